The molecule has 2 fully saturated rings. The first-order valence-electron chi connectivity index (χ1n) is 13.0. The summed E-state index contributed by atoms with van der Waals surface area (Å²) in [6, 6.07) is 13.9. The molecule has 1 aromatic heterocycles. The Morgan fingerprint density at radius 1 is 1.03 bits per heavy atom. The van der Waals surface area contributed by atoms with Crippen molar-refractivity contribution in [3.8, 4) is 11.1 Å². The van der Waals surface area contributed by atoms with E-state index in [1.807, 2.05) is 42.6 Å². The fraction of sp³-hybridized carbons (Fsp3) is 0.464. The third-order valence-electron chi connectivity index (χ3n) is 7.80. The van der Waals surface area contributed by atoms with Crippen LogP contribution in [0, 0.1) is 5.92 Å². The number of aromatic amines is 1. The SMILES string of the molecule is NC(=O)c1cc(-c2ccccc2)cc2c(C3CCN(S(=O)(=O)CCOCC4CCCC4)CC3)c[nH]c12. The number of amides is 1. The van der Waals surface area contributed by atoms with E-state index in [0.29, 0.717) is 31.2 Å². The Bertz CT molecular complexity index is 1310. The number of rotatable bonds is 9. The molecule has 192 valence electrons. The number of carbonyl (C=O) groups excluding carboxylic acids is 1. The summed E-state index contributed by atoms with van der Waals surface area (Å²) in [7, 11) is -3.34. The lowest BCUT2D eigenvalue weighted by molar-refractivity contribution is 0.100. The molecule has 0 unspecified atom stereocenters. The second-order valence-electron chi connectivity index (χ2n) is 10.1. The van der Waals surface area contributed by atoms with E-state index in [1.54, 1.807) is 4.31 Å². The number of aromatic nitrogens is 1. The molecule has 3 N–H and O–H groups in total. The van der Waals surface area contributed by atoms with Crippen molar-refractivity contribution in [1.29, 1.82) is 0 Å². The minimum absolute atomic E-state index is 0.0415. The number of hydrogen-bond donors (Lipinski definition) is 2. The highest BCUT2D eigenvalue weighted by Gasteiger charge is 2.30. The summed E-state index contributed by atoms with van der Waals surface area (Å²) in [5, 5.41) is 0.978. The Balaban J connectivity index is 1.27. The maximum atomic E-state index is 12.9. The predicted octanol–water partition coefficient (Wildman–Crippen LogP) is 4.65. The van der Waals surface area contributed by atoms with Crippen molar-refractivity contribution in [2.75, 3.05) is 32.1 Å². The van der Waals surface area contributed by atoms with Crippen molar-refractivity contribution in [2.45, 2.75) is 44.4 Å². The molecule has 2 heterocycles. The molecule has 2 aromatic carbocycles. The van der Waals surface area contributed by atoms with Gasteiger partial charge in [-0.05, 0) is 66.3 Å². The molecule has 3 aromatic rings. The molecular formula is C28H35N3O4S. The molecule has 36 heavy (non-hydrogen) atoms. The average molecular weight is 510 g/mol. The summed E-state index contributed by atoms with van der Waals surface area (Å²) in [6.07, 6.45) is 8.33. The molecule has 0 spiro atoms. The zero-order chi connectivity index (χ0) is 25.1. The van der Waals surface area contributed by atoms with Gasteiger partial charge in [0.05, 0.1) is 23.4 Å². The highest BCUT2D eigenvalue weighted by atomic mass is 32.2. The van der Waals surface area contributed by atoms with Gasteiger partial charge in [0, 0.05) is 31.3 Å². The lowest BCUT2D eigenvalue weighted by Crippen LogP contribution is -2.40. The summed E-state index contributed by atoms with van der Waals surface area (Å²) >= 11 is 0. The fourth-order valence-corrected chi connectivity index (χ4v) is 7.10. The van der Waals surface area contributed by atoms with Gasteiger partial charge in [0.1, 0.15) is 0 Å². The van der Waals surface area contributed by atoms with E-state index in [1.165, 1.54) is 25.7 Å². The smallest absolute Gasteiger partial charge is 0.250 e. The number of hydrogen-bond acceptors (Lipinski definition) is 4. The van der Waals surface area contributed by atoms with Crippen LogP contribution in [0.25, 0.3) is 22.0 Å². The fourth-order valence-electron chi connectivity index (χ4n) is 5.75. The second kappa shape index (κ2) is 10.7. The van der Waals surface area contributed by atoms with Crippen LogP contribution in [0.5, 0.6) is 0 Å². The maximum absolute atomic E-state index is 12.9. The highest BCUT2D eigenvalue weighted by molar-refractivity contribution is 7.89. The molecule has 5 rings (SSSR count). The van der Waals surface area contributed by atoms with Crippen molar-refractivity contribution in [3.05, 3.63) is 59.8 Å². The first-order valence-corrected chi connectivity index (χ1v) is 14.6. The van der Waals surface area contributed by atoms with Gasteiger partial charge in [0.15, 0.2) is 0 Å². The number of nitrogens with one attached hydrogen (secondary N) is 1. The van der Waals surface area contributed by atoms with Crippen molar-refractivity contribution in [1.82, 2.24) is 9.29 Å². The number of nitrogens with zero attached hydrogens (tertiary/aromatic N) is 1. The maximum Gasteiger partial charge on any atom is 0.250 e. The Morgan fingerprint density at radius 2 is 1.75 bits per heavy atom. The van der Waals surface area contributed by atoms with Crippen molar-refractivity contribution in [3.63, 3.8) is 0 Å². The number of fused-ring (bicyclic) bond motifs is 1. The van der Waals surface area contributed by atoms with Crippen LogP contribution in [-0.2, 0) is 14.8 Å². The normalized spacial score (nSPS) is 18.2. The van der Waals surface area contributed by atoms with Crippen molar-refractivity contribution >= 4 is 26.8 Å². The number of primary amides is 1. The highest BCUT2D eigenvalue weighted by Crippen LogP contribution is 2.37. The minimum atomic E-state index is -3.34. The van der Waals surface area contributed by atoms with Crippen LogP contribution in [-0.4, -0.2) is 55.7 Å². The van der Waals surface area contributed by atoms with Crippen LogP contribution in [0.15, 0.2) is 48.7 Å². The van der Waals surface area contributed by atoms with E-state index >= 15 is 0 Å². The number of carbonyl (C=O) groups is 1. The van der Waals surface area contributed by atoms with Crippen molar-refractivity contribution in [2.24, 2.45) is 11.7 Å². The first kappa shape index (κ1) is 25.0. The number of piperidine rings is 1. The quantitative estimate of drug-likeness (QED) is 0.410. The summed E-state index contributed by atoms with van der Waals surface area (Å²) in [6.45, 7) is 1.92. The van der Waals surface area contributed by atoms with Gasteiger partial charge in [-0.25, -0.2) is 12.7 Å². The van der Waals surface area contributed by atoms with Gasteiger partial charge in [-0.15, -0.1) is 0 Å². The van der Waals surface area contributed by atoms with E-state index in [-0.39, 0.29) is 18.3 Å². The number of nitrogens with two attached hydrogens (primary N) is 1. The Kier molecular flexibility index (Phi) is 7.46. The molecular weight excluding hydrogens is 474 g/mol. The average Bonchev–Trinajstić information content (AvgIpc) is 3.57. The Morgan fingerprint density at radius 3 is 2.44 bits per heavy atom. The standard InChI is InChI=1S/C28H35N3O4S/c29-28(32)25-17-23(21-8-2-1-3-9-21)16-24-26(18-30-27(24)25)22-10-12-31(13-11-22)36(33,34)15-14-35-19-20-6-4-5-7-20/h1-3,8-9,16-18,20,22,30H,4-7,10-15,19H2,(H2,29,32). The van der Waals surface area contributed by atoms with E-state index in [4.69, 9.17) is 10.5 Å². The third kappa shape index (κ3) is 5.36. The van der Waals surface area contributed by atoms with Gasteiger partial charge < -0.3 is 15.5 Å². The monoisotopic (exact) mass is 509 g/mol. The summed E-state index contributed by atoms with van der Waals surface area (Å²) < 4.78 is 33.1. The molecule has 8 heteroatoms. The largest absolute Gasteiger partial charge is 0.380 e. The van der Waals surface area contributed by atoms with E-state index in [9.17, 15) is 13.2 Å². The zero-order valence-corrected chi connectivity index (χ0v) is 21.4. The van der Waals surface area contributed by atoms with Gasteiger partial charge in [-0.3, -0.25) is 4.79 Å². The zero-order valence-electron chi connectivity index (χ0n) is 20.6. The van der Waals surface area contributed by atoms with E-state index < -0.39 is 15.9 Å². The summed E-state index contributed by atoms with van der Waals surface area (Å²) in [5.41, 5.74) is 10.0. The molecule has 2 aliphatic rings. The topological polar surface area (TPSA) is 105 Å². The molecule has 0 bridgehead atoms. The van der Waals surface area contributed by atoms with Crippen LogP contribution in [0.3, 0.4) is 0 Å². The number of benzene rings is 2. The van der Waals surface area contributed by atoms with Gasteiger partial charge in [-0.2, -0.15) is 0 Å². The molecule has 1 amide bonds. The number of sulfonamides is 1. The molecule has 1 saturated carbocycles. The van der Waals surface area contributed by atoms with Crippen LogP contribution in [0.2, 0.25) is 0 Å². The number of ether oxygens (including phenoxy) is 1. The third-order valence-corrected chi connectivity index (χ3v) is 9.63. The molecule has 7 nitrogen and oxygen atoms in total. The Hall–Kier alpha value is -2.68. The van der Waals surface area contributed by atoms with E-state index in [0.717, 1.165) is 40.4 Å². The van der Waals surface area contributed by atoms with Gasteiger partial charge in [0.2, 0.25) is 10.0 Å². The van der Waals surface area contributed by atoms with Crippen molar-refractivity contribution < 1.29 is 17.9 Å². The molecule has 1 saturated heterocycles. The number of H-pyrrole nitrogens is 1. The van der Waals surface area contributed by atoms with Crippen LogP contribution >= 0.6 is 0 Å². The van der Waals surface area contributed by atoms with E-state index in [2.05, 4.69) is 11.1 Å². The van der Waals surface area contributed by atoms with Gasteiger partial charge >= 0.3 is 0 Å². The lowest BCUT2D eigenvalue weighted by atomic mass is 9.88. The lowest BCUT2D eigenvalue weighted by Gasteiger charge is -2.31. The summed E-state index contributed by atoms with van der Waals surface area (Å²) in [5.74, 6) is 0.370. The van der Waals surface area contributed by atoms with Crippen LogP contribution in [0.4, 0.5) is 0 Å². The Labute approximate surface area is 213 Å². The predicted molar refractivity (Wildman–Crippen MR) is 142 cm³/mol. The molecule has 1 aliphatic heterocycles. The van der Waals surface area contributed by atoms with Crippen LogP contribution < -0.4 is 5.73 Å². The van der Waals surface area contributed by atoms with Gasteiger partial charge in [0.25, 0.3) is 5.91 Å². The van der Waals surface area contributed by atoms with Gasteiger partial charge in [-0.1, -0.05) is 43.2 Å². The second-order valence-corrected chi connectivity index (χ2v) is 12.2. The molecule has 0 atom stereocenters. The summed E-state index contributed by atoms with van der Waals surface area (Å²) in [4.78, 5) is 15.5. The van der Waals surface area contributed by atoms with Crippen LogP contribution in [0.1, 0.15) is 60.4 Å². The molecule has 1 aliphatic carbocycles. The first-order chi connectivity index (χ1) is 17.4. The molecule has 0 radical (unpaired) electrons. The minimum Gasteiger partial charge on any atom is -0.380 e.